The molecular weight excluding hydrogens is 254 g/mol. The van der Waals surface area contributed by atoms with Gasteiger partial charge in [0.15, 0.2) is 0 Å². The number of hydrogen-bond acceptors (Lipinski definition) is 1. The Morgan fingerprint density at radius 3 is 1.76 bits per heavy atom. The zero-order valence-electron chi connectivity index (χ0n) is 11.9. The third-order valence-corrected chi connectivity index (χ3v) is 3.90. The molecule has 0 spiro atoms. The fourth-order valence-corrected chi connectivity index (χ4v) is 2.94. The molecule has 0 bridgehead atoms. The first-order valence-corrected chi connectivity index (χ1v) is 7.17. The third kappa shape index (κ3) is 1.98. The van der Waals surface area contributed by atoms with Gasteiger partial charge in [-0.2, -0.15) is 0 Å². The average molecular weight is 269 g/mol. The molecule has 0 aliphatic heterocycles. The van der Waals surface area contributed by atoms with Crippen LogP contribution in [0.1, 0.15) is 16.7 Å². The number of nitrogens with zero attached hydrogens (tertiary/aromatic N) is 1. The molecule has 0 radical (unpaired) electrons. The van der Waals surface area contributed by atoms with Crippen molar-refractivity contribution in [3.63, 3.8) is 0 Å². The van der Waals surface area contributed by atoms with Crippen molar-refractivity contribution < 1.29 is 0 Å². The SMILES string of the molecule is Cc1cccc(N=C2c3ccccc3-c3ccccc32)c1. The Kier molecular flexibility index (Phi) is 2.71. The van der Waals surface area contributed by atoms with Crippen molar-refractivity contribution in [3.05, 3.63) is 89.5 Å². The Balaban J connectivity index is 1.97. The molecule has 4 rings (SSSR count). The van der Waals surface area contributed by atoms with E-state index in [4.69, 9.17) is 4.99 Å². The van der Waals surface area contributed by atoms with Gasteiger partial charge in [-0.15, -0.1) is 0 Å². The zero-order valence-corrected chi connectivity index (χ0v) is 11.9. The van der Waals surface area contributed by atoms with Gasteiger partial charge in [0, 0.05) is 11.1 Å². The largest absolute Gasteiger partial charge is 0.248 e. The van der Waals surface area contributed by atoms with E-state index >= 15 is 0 Å². The minimum Gasteiger partial charge on any atom is -0.248 e. The van der Waals surface area contributed by atoms with Crippen LogP contribution in [0, 0.1) is 6.92 Å². The van der Waals surface area contributed by atoms with Crippen LogP contribution in [0.3, 0.4) is 0 Å². The van der Waals surface area contributed by atoms with Gasteiger partial charge in [-0.3, -0.25) is 0 Å². The molecule has 0 aromatic heterocycles. The van der Waals surface area contributed by atoms with Gasteiger partial charge in [-0.1, -0.05) is 60.7 Å². The minimum atomic E-state index is 1.01. The fraction of sp³-hybridized carbons (Fsp3) is 0.0500. The summed E-state index contributed by atoms with van der Waals surface area (Å²) in [6.07, 6.45) is 0. The standard InChI is InChI=1S/C20H15N/c1-14-7-6-8-15(13-14)21-20-18-11-4-2-9-16(18)17-10-3-5-12-19(17)20/h2-13H,1H3. The van der Waals surface area contributed by atoms with Crippen LogP contribution in [-0.2, 0) is 0 Å². The molecular formula is C20H15N. The summed E-state index contributed by atoms with van der Waals surface area (Å²) in [6.45, 7) is 2.10. The molecule has 0 unspecified atom stereocenters. The first-order chi connectivity index (χ1) is 10.3. The van der Waals surface area contributed by atoms with Gasteiger partial charge in [0.1, 0.15) is 0 Å². The summed E-state index contributed by atoms with van der Waals surface area (Å²) in [5.74, 6) is 0. The maximum absolute atomic E-state index is 4.92. The molecule has 0 fully saturated rings. The summed E-state index contributed by atoms with van der Waals surface area (Å²) in [5, 5.41) is 0. The molecule has 0 saturated carbocycles. The first-order valence-electron chi connectivity index (χ1n) is 7.17. The van der Waals surface area contributed by atoms with Crippen molar-refractivity contribution in [1.29, 1.82) is 0 Å². The van der Waals surface area contributed by atoms with Crippen LogP contribution in [0.15, 0.2) is 77.8 Å². The van der Waals surface area contributed by atoms with Gasteiger partial charge in [-0.05, 0) is 35.7 Å². The molecule has 0 atom stereocenters. The number of rotatable bonds is 1. The molecule has 1 aliphatic carbocycles. The predicted molar refractivity (Wildman–Crippen MR) is 88.4 cm³/mol. The topological polar surface area (TPSA) is 12.4 Å². The van der Waals surface area contributed by atoms with Gasteiger partial charge in [0.25, 0.3) is 0 Å². The van der Waals surface area contributed by atoms with E-state index in [0.29, 0.717) is 0 Å². The Morgan fingerprint density at radius 2 is 1.19 bits per heavy atom. The Bertz CT molecular complexity index is 811. The van der Waals surface area contributed by atoms with E-state index in [9.17, 15) is 0 Å². The van der Waals surface area contributed by atoms with E-state index < -0.39 is 0 Å². The van der Waals surface area contributed by atoms with Crippen LogP contribution in [0.25, 0.3) is 11.1 Å². The maximum Gasteiger partial charge on any atom is 0.0794 e. The van der Waals surface area contributed by atoms with E-state index in [1.807, 2.05) is 0 Å². The summed E-state index contributed by atoms with van der Waals surface area (Å²) < 4.78 is 0. The van der Waals surface area contributed by atoms with Gasteiger partial charge in [0.2, 0.25) is 0 Å². The fourth-order valence-electron chi connectivity index (χ4n) is 2.94. The highest BCUT2D eigenvalue weighted by Gasteiger charge is 2.23. The molecule has 0 heterocycles. The molecule has 1 heteroatoms. The van der Waals surface area contributed by atoms with Crippen molar-refractivity contribution in [2.45, 2.75) is 6.92 Å². The van der Waals surface area contributed by atoms with E-state index in [1.54, 1.807) is 0 Å². The first kappa shape index (κ1) is 12.1. The lowest BCUT2D eigenvalue weighted by Gasteiger charge is -2.02. The van der Waals surface area contributed by atoms with Gasteiger partial charge in [0.05, 0.1) is 11.4 Å². The molecule has 0 amide bonds. The number of fused-ring (bicyclic) bond motifs is 3. The third-order valence-electron chi connectivity index (χ3n) is 3.90. The number of hydrogen-bond donors (Lipinski definition) is 0. The van der Waals surface area contributed by atoms with Crippen molar-refractivity contribution in [2.75, 3.05) is 0 Å². The van der Waals surface area contributed by atoms with E-state index in [2.05, 4.69) is 79.7 Å². The molecule has 3 aromatic rings. The second-order valence-electron chi connectivity index (χ2n) is 5.39. The van der Waals surface area contributed by atoms with Crippen molar-refractivity contribution >= 4 is 11.4 Å². The maximum atomic E-state index is 4.92. The molecule has 1 nitrogen and oxygen atoms in total. The van der Waals surface area contributed by atoms with Crippen molar-refractivity contribution in [3.8, 4) is 11.1 Å². The quantitative estimate of drug-likeness (QED) is 0.453. The van der Waals surface area contributed by atoms with E-state index in [-0.39, 0.29) is 0 Å². The Labute approximate surface area is 124 Å². The Hall–Kier alpha value is -2.67. The lowest BCUT2D eigenvalue weighted by Crippen LogP contribution is -1.97. The van der Waals surface area contributed by atoms with Gasteiger partial charge >= 0.3 is 0 Å². The highest BCUT2D eigenvalue weighted by atomic mass is 14.8. The highest BCUT2D eigenvalue weighted by molar-refractivity contribution is 6.25. The van der Waals surface area contributed by atoms with Gasteiger partial charge in [-0.25, -0.2) is 4.99 Å². The minimum absolute atomic E-state index is 1.01. The second kappa shape index (κ2) is 4.71. The predicted octanol–water partition coefficient (Wildman–Crippen LogP) is 5.14. The summed E-state index contributed by atoms with van der Waals surface area (Å²) in [4.78, 5) is 4.92. The van der Waals surface area contributed by atoms with Crippen molar-refractivity contribution in [1.82, 2.24) is 0 Å². The average Bonchev–Trinajstić information content (AvgIpc) is 2.83. The molecule has 1 aliphatic rings. The number of benzene rings is 3. The summed E-state index contributed by atoms with van der Waals surface area (Å²) in [5.41, 5.74) is 8.32. The van der Waals surface area contributed by atoms with Crippen LogP contribution in [0.4, 0.5) is 5.69 Å². The summed E-state index contributed by atoms with van der Waals surface area (Å²) in [7, 11) is 0. The lowest BCUT2D eigenvalue weighted by molar-refractivity contribution is 1.42. The van der Waals surface area contributed by atoms with Crippen molar-refractivity contribution in [2.24, 2.45) is 4.99 Å². The van der Waals surface area contributed by atoms with E-state index in [0.717, 1.165) is 11.4 Å². The van der Waals surface area contributed by atoms with Crippen LogP contribution < -0.4 is 0 Å². The molecule has 0 N–H and O–H groups in total. The van der Waals surface area contributed by atoms with Crippen LogP contribution in [0.2, 0.25) is 0 Å². The lowest BCUT2D eigenvalue weighted by atomic mass is 10.1. The monoisotopic (exact) mass is 269 g/mol. The molecule has 0 saturated heterocycles. The summed E-state index contributed by atoms with van der Waals surface area (Å²) >= 11 is 0. The normalized spacial score (nSPS) is 12.0. The smallest absolute Gasteiger partial charge is 0.0794 e. The van der Waals surface area contributed by atoms with Crippen LogP contribution >= 0.6 is 0 Å². The van der Waals surface area contributed by atoms with Gasteiger partial charge < -0.3 is 0 Å². The van der Waals surface area contributed by atoms with Crippen LogP contribution in [-0.4, -0.2) is 5.71 Å². The highest BCUT2D eigenvalue weighted by Crippen LogP contribution is 2.37. The van der Waals surface area contributed by atoms with Crippen LogP contribution in [0.5, 0.6) is 0 Å². The molecule has 100 valence electrons. The molecule has 21 heavy (non-hydrogen) atoms. The number of aryl methyl sites for hydroxylation is 1. The van der Waals surface area contributed by atoms with E-state index in [1.165, 1.54) is 27.8 Å². The molecule has 3 aromatic carbocycles. The zero-order chi connectivity index (χ0) is 14.2. The number of aliphatic imine (C=N–C) groups is 1. The second-order valence-corrected chi connectivity index (χ2v) is 5.39. The Morgan fingerprint density at radius 1 is 0.619 bits per heavy atom. The summed E-state index contributed by atoms with van der Waals surface area (Å²) in [6, 6.07) is 25.3.